The zero-order chi connectivity index (χ0) is 18.0. The van der Waals surface area contributed by atoms with Gasteiger partial charge in [0, 0.05) is 44.2 Å². The molecule has 27 heavy (non-hydrogen) atoms. The van der Waals surface area contributed by atoms with E-state index < -0.39 is 0 Å². The summed E-state index contributed by atoms with van der Waals surface area (Å²) in [7, 11) is 0. The van der Waals surface area contributed by atoms with Crippen molar-refractivity contribution in [2.75, 3.05) is 39.3 Å². The summed E-state index contributed by atoms with van der Waals surface area (Å²) < 4.78 is 13.6. The highest BCUT2D eigenvalue weighted by Gasteiger charge is 2.44. The fourth-order valence-corrected chi connectivity index (χ4v) is 4.18. The Morgan fingerprint density at radius 3 is 2.74 bits per heavy atom. The van der Waals surface area contributed by atoms with Gasteiger partial charge in [-0.1, -0.05) is 24.3 Å². The lowest BCUT2D eigenvalue weighted by Crippen LogP contribution is -2.43. The number of guanidine groups is 1. The summed E-state index contributed by atoms with van der Waals surface area (Å²) in [5, 5.41) is 3.47. The third-order valence-electron chi connectivity index (χ3n) is 5.98. The maximum absolute atomic E-state index is 13.6. The highest BCUT2D eigenvalue weighted by molar-refractivity contribution is 14.0. The molecule has 4 nitrogen and oxygen atoms in total. The Bertz CT molecular complexity index is 693. The van der Waals surface area contributed by atoms with Crippen molar-refractivity contribution in [2.24, 2.45) is 4.99 Å². The monoisotopic (exact) mass is 484 g/mol. The maximum atomic E-state index is 13.6. The number of likely N-dealkylation sites (tertiary alicyclic amines) is 1. The topological polar surface area (TPSA) is 30.9 Å². The van der Waals surface area contributed by atoms with Crippen LogP contribution in [0, 0.1) is 5.82 Å². The van der Waals surface area contributed by atoms with Crippen LogP contribution in [0.3, 0.4) is 0 Å². The normalized spacial score (nSPS) is 24.1. The van der Waals surface area contributed by atoms with Gasteiger partial charge < -0.3 is 10.2 Å². The molecule has 0 radical (unpaired) electrons. The number of benzene rings is 1. The second-order valence-corrected chi connectivity index (χ2v) is 7.77. The SMILES string of the molecule is CCNC(=NCC1(c2cccc(F)c2)CC1)N1CCC(N2CC=CC2)C1.I. The Hall–Kier alpha value is -1.15. The van der Waals surface area contributed by atoms with E-state index in [9.17, 15) is 4.39 Å². The third kappa shape index (κ3) is 4.65. The van der Waals surface area contributed by atoms with Crippen LogP contribution in [-0.2, 0) is 5.41 Å². The van der Waals surface area contributed by atoms with Gasteiger partial charge in [0.1, 0.15) is 5.82 Å². The average Bonchev–Trinajstić information content (AvgIpc) is 3.04. The fraction of sp³-hybridized carbons (Fsp3) is 0.571. The van der Waals surface area contributed by atoms with Crippen LogP contribution in [0.1, 0.15) is 31.7 Å². The van der Waals surface area contributed by atoms with Gasteiger partial charge in [0.2, 0.25) is 0 Å². The molecule has 1 saturated carbocycles. The van der Waals surface area contributed by atoms with E-state index in [-0.39, 0.29) is 35.2 Å². The van der Waals surface area contributed by atoms with Crippen molar-refractivity contribution >= 4 is 29.9 Å². The Labute approximate surface area is 178 Å². The van der Waals surface area contributed by atoms with Gasteiger partial charge in [-0.3, -0.25) is 9.89 Å². The van der Waals surface area contributed by atoms with Crippen LogP contribution in [0.5, 0.6) is 0 Å². The molecule has 1 saturated heterocycles. The first-order valence-electron chi connectivity index (χ1n) is 9.88. The van der Waals surface area contributed by atoms with Crippen LogP contribution < -0.4 is 5.32 Å². The Morgan fingerprint density at radius 2 is 2.07 bits per heavy atom. The van der Waals surface area contributed by atoms with Crippen molar-refractivity contribution in [2.45, 2.75) is 37.6 Å². The largest absolute Gasteiger partial charge is 0.357 e. The van der Waals surface area contributed by atoms with Crippen LogP contribution in [0.25, 0.3) is 0 Å². The first-order valence-corrected chi connectivity index (χ1v) is 9.88. The molecule has 1 aromatic rings. The molecule has 0 amide bonds. The van der Waals surface area contributed by atoms with E-state index in [1.54, 1.807) is 6.07 Å². The minimum absolute atomic E-state index is 0. The lowest BCUT2D eigenvalue weighted by atomic mass is 9.96. The van der Waals surface area contributed by atoms with E-state index in [0.717, 1.165) is 63.6 Å². The summed E-state index contributed by atoms with van der Waals surface area (Å²) in [5.74, 6) is 0.871. The predicted molar refractivity (Wildman–Crippen MR) is 119 cm³/mol. The fourth-order valence-electron chi connectivity index (χ4n) is 4.18. The van der Waals surface area contributed by atoms with Gasteiger partial charge in [-0.05, 0) is 43.9 Å². The first-order chi connectivity index (χ1) is 12.7. The van der Waals surface area contributed by atoms with Crippen LogP contribution in [0.4, 0.5) is 4.39 Å². The highest BCUT2D eigenvalue weighted by atomic mass is 127. The second kappa shape index (κ2) is 8.90. The molecule has 1 aromatic carbocycles. The molecule has 1 aliphatic carbocycles. The molecule has 0 aromatic heterocycles. The highest BCUT2D eigenvalue weighted by Crippen LogP contribution is 2.48. The molecule has 1 unspecified atom stereocenters. The van der Waals surface area contributed by atoms with Crippen molar-refractivity contribution in [3.05, 3.63) is 47.8 Å². The molecule has 3 aliphatic rings. The average molecular weight is 484 g/mol. The molecule has 2 aliphatic heterocycles. The van der Waals surface area contributed by atoms with Gasteiger partial charge >= 0.3 is 0 Å². The first kappa shape index (κ1) is 20.6. The lowest BCUT2D eigenvalue weighted by molar-refractivity contribution is 0.259. The summed E-state index contributed by atoms with van der Waals surface area (Å²) >= 11 is 0. The maximum Gasteiger partial charge on any atom is 0.193 e. The predicted octanol–water partition coefficient (Wildman–Crippen LogP) is 3.39. The van der Waals surface area contributed by atoms with Gasteiger partial charge in [0.25, 0.3) is 0 Å². The molecule has 2 heterocycles. The van der Waals surface area contributed by atoms with Gasteiger partial charge in [0.15, 0.2) is 5.96 Å². The van der Waals surface area contributed by atoms with Crippen LogP contribution in [-0.4, -0.2) is 61.1 Å². The number of nitrogens with zero attached hydrogens (tertiary/aromatic N) is 3. The van der Waals surface area contributed by atoms with Gasteiger partial charge in [-0.2, -0.15) is 0 Å². The molecule has 1 N–H and O–H groups in total. The Kier molecular flexibility index (Phi) is 6.78. The van der Waals surface area contributed by atoms with Crippen molar-refractivity contribution in [3.63, 3.8) is 0 Å². The van der Waals surface area contributed by atoms with Crippen molar-refractivity contribution in [3.8, 4) is 0 Å². The number of halogens is 2. The molecule has 4 rings (SSSR count). The second-order valence-electron chi connectivity index (χ2n) is 7.77. The summed E-state index contributed by atoms with van der Waals surface area (Å²) in [6, 6.07) is 7.68. The third-order valence-corrected chi connectivity index (χ3v) is 5.98. The summed E-state index contributed by atoms with van der Waals surface area (Å²) in [6.07, 6.45) is 7.92. The number of nitrogens with one attached hydrogen (secondary N) is 1. The van der Waals surface area contributed by atoms with Gasteiger partial charge in [-0.15, -0.1) is 24.0 Å². The van der Waals surface area contributed by atoms with Gasteiger partial charge in [-0.25, -0.2) is 4.39 Å². The van der Waals surface area contributed by atoms with E-state index in [4.69, 9.17) is 4.99 Å². The van der Waals surface area contributed by atoms with Crippen molar-refractivity contribution in [1.29, 1.82) is 0 Å². The number of hydrogen-bond acceptors (Lipinski definition) is 2. The lowest BCUT2D eigenvalue weighted by Gasteiger charge is -2.26. The number of rotatable bonds is 5. The van der Waals surface area contributed by atoms with Crippen molar-refractivity contribution in [1.82, 2.24) is 15.1 Å². The Morgan fingerprint density at radius 1 is 1.30 bits per heavy atom. The van der Waals surface area contributed by atoms with Gasteiger partial charge in [0.05, 0.1) is 6.54 Å². The molecular weight excluding hydrogens is 454 g/mol. The van der Waals surface area contributed by atoms with Crippen LogP contribution in [0.15, 0.2) is 41.4 Å². The molecule has 1 atom stereocenters. The molecule has 0 bridgehead atoms. The van der Waals surface area contributed by atoms with E-state index in [0.29, 0.717) is 6.04 Å². The van der Waals surface area contributed by atoms with Crippen molar-refractivity contribution < 1.29 is 4.39 Å². The van der Waals surface area contributed by atoms with Crippen LogP contribution in [0.2, 0.25) is 0 Å². The summed E-state index contributed by atoms with van der Waals surface area (Å²) in [4.78, 5) is 9.91. The summed E-state index contributed by atoms with van der Waals surface area (Å²) in [5.41, 5.74) is 1.14. The molecule has 148 valence electrons. The molecule has 2 fully saturated rings. The number of hydrogen-bond donors (Lipinski definition) is 1. The zero-order valence-electron chi connectivity index (χ0n) is 16.0. The minimum atomic E-state index is -0.147. The van der Waals surface area contributed by atoms with E-state index >= 15 is 0 Å². The smallest absolute Gasteiger partial charge is 0.193 e. The minimum Gasteiger partial charge on any atom is -0.357 e. The standard InChI is InChI=1S/C21H29FN4.HI/c1-2-23-20(26-13-8-19(15-26)25-11-3-4-12-25)24-16-21(9-10-21)17-6-5-7-18(22)14-17;/h3-7,14,19H,2,8-13,15-16H2,1H3,(H,23,24);1H. The zero-order valence-corrected chi connectivity index (χ0v) is 18.4. The quantitative estimate of drug-likeness (QED) is 0.301. The van der Waals surface area contributed by atoms with Crippen LogP contribution >= 0.6 is 24.0 Å². The Balaban J connectivity index is 0.00000210. The van der Waals surface area contributed by atoms with E-state index in [1.807, 2.05) is 12.1 Å². The molecular formula is C21H30FIN4. The molecule has 0 spiro atoms. The summed E-state index contributed by atoms with van der Waals surface area (Å²) in [6.45, 7) is 7.99. The van der Waals surface area contributed by atoms with E-state index in [1.165, 1.54) is 12.5 Å². The molecule has 6 heteroatoms. The number of aliphatic imine (C=N–C) groups is 1. The van der Waals surface area contributed by atoms with E-state index in [2.05, 4.69) is 34.2 Å².